The molecule has 0 radical (unpaired) electrons. The molecular formula is C19H13F2NO2S. The minimum atomic E-state index is -0.589. The molecule has 3 aromatic rings. The van der Waals surface area contributed by atoms with Crippen LogP contribution in [0.25, 0.3) is 16.6 Å². The molecule has 25 heavy (non-hydrogen) atoms. The standard InChI is InChI=1S/C19H13F2NO2S/c1-24-18-9-4-13(10-16(18)21)17(23)8-7-15-11-25-19(22-15)12-2-5-14(20)6-3-12/h2-11H,1H3/b8-7+. The number of hydrogen-bond acceptors (Lipinski definition) is 4. The Morgan fingerprint density at radius 2 is 1.92 bits per heavy atom. The summed E-state index contributed by atoms with van der Waals surface area (Å²) in [5.41, 5.74) is 1.63. The molecule has 2 aromatic carbocycles. The highest BCUT2D eigenvalue weighted by Gasteiger charge is 2.08. The highest BCUT2D eigenvalue weighted by Crippen LogP contribution is 2.24. The van der Waals surface area contributed by atoms with Crippen LogP contribution in [0.4, 0.5) is 8.78 Å². The van der Waals surface area contributed by atoms with Crippen LogP contribution in [0.5, 0.6) is 5.75 Å². The summed E-state index contributed by atoms with van der Waals surface area (Å²) in [6.07, 6.45) is 2.90. The van der Waals surface area contributed by atoms with E-state index in [1.54, 1.807) is 23.6 Å². The SMILES string of the molecule is COc1ccc(C(=O)/C=C/c2csc(-c3ccc(F)cc3)n2)cc1F. The number of hydrogen-bond donors (Lipinski definition) is 0. The molecule has 0 atom stereocenters. The predicted molar refractivity (Wildman–Crippen MR) is 93.8 cm³/mol. The second-order valence-electron chi connectivity index (χ2n) is 5.13. The number of methoxy groups -OCH3 is 1. The van der Waals surface area contributed by atoms with Crippen molar-refractivity contribution in [2.75, 3.05) is 7.11 Å². The zero-order valence-electron chi connectivity index (χ0n) is 13.2. The number of allylic oxidation sites excluding steroid dienone is 1. The van der Waals surface area contributed by atoms with Crippen LogP contribution in [0.1, 0.15) is 16.1 Å². The Hall–Kier alpha value is -2.86. The number of rotatable bonds is 5. The average Bonchev–Trinajstić information content (AvgIpc) is 3.09. The van der Waals surface area contributed by atoms with Gasteiger partial charge in [0.1, 0.15) is 10.8 Å². The van der Waals surface area contributed by atoms with E-state index in [1.165, 1.54) is 48.8 Å². The van der Waals surface area contributed by atoms with E-state index < -0.39 is 5.82 Å². The predicted octanol–water partition coefficient (Wildman–Crippen LogP) is 4.99. The molecule has 3 rings (SSSR count). The first-order valence-corrected chi connectivity index (χ1v) is 8.22. The molecule has 0 N–H and O–H groups in total. The first kappa shape index (κ1) is 17.0. The molecule has 0 amide bonds. The maximum absolute atomic E-state index is 13.7. The van der Waals surface area contributed by atoms with Gasteiger partial charge in [-0.05, 0) is 54.6 Å². The van der Waals surface area contributed by atoms with Crippen LogP contribution in [0.15, 0.2) is 53.9 Å². The second-order valence-corrected chi connectivity index (χ2v) is 5.99. The van der Waals surface area contributed by atoms with Gasteiger partial charge in [0.2, 0.25) is 0 Å². The molecule has 0 aliphatic rings. The topological polar surface area (TPSA) is 39.2 Å². The third-order valence-electron chi connectivity index (χ3n) is 3.45. The Bertz CT molecular complexity index is 933. The van der Waals surface area contributed by atoms with Crippen molar-refractivity contribution in [1.82, 2.24) is 4.98 Å². The van der Waals surface area contributed by atoms with E-state index in [0.717, 1.165) is 16.6 Å². The van der Waals surface area contributed by atoms with Gasteiger partial charge in [0, 0.05) is 16.5 Å². The second kappa shape index (κ2) is 7.36. The molecule has 0 aliphatic heterocycles. The molecule has 0 unspecified atom stereocenters. The fourth-order valence-electron chi connectivity index (χ4n) is 2.16. The lowest BCUT2D eigenvalue weighted by Gasteiger charge is -2.02. The molecule has 0 spiro atoms. The highest BCUT2D eigenvalue weighted by molar-refractivity contribution is 7.13. The number of halogens is 2. The van der Waals surface area contributed by atoms with Gasteiger partial charge in [0.15, 0.2) is 17.3 Å². The van der Waals surface area contributed by atoms with Crippen molar-refractivity contribution in [3.63, 3.8) is 0 Å². The van der Waals surface area contributed by atoms with Crippen LogP contribution >= 0.6 is 11.3 Å². The summed E-state index contributed by atoms with van der Waals surface area (Å²) in [6, 6.07) is 10.1. The Kier molecular flexibility index (Phi) is 5.00. The number of aromatic nitrogens is 1. The van der Waals surface area contributed by atoms with Crippen molar-refractivity contribution in [3.05, 3.63) is 76.8 Å². The molecule has 0 fully saturated rings. The van der Waals surface area contributed by atoms with E-state index in [9.17, 15) is 13.6 Å². The largest absolute Gasteiger partial charge is 0.494 e. The van der Waals surface area contributed by atoms with E-state index in [-0.39, 0.29) is 22.9 Å². The van der Waals surface area contributed by atoms with Gasteiger partial charge < -0.3 is 4.74 Å². The van der Waals surface area contributed by atoms with Crippen molar-refractivity contribution in [2.24, 2.45) is 0 Å². The zero-order chi connectivity index (χ0) is 17.8. The van der Waals surface area contributed by atoms with Crippen molar-refractivity contribution >= 4 is 23.2 Å². The van der Waals surface area contributed by atoms with E-state index in [2.05, 4.69) is 4.98 Å². The number of ketones is 1. The van der Waals surface area contributed by atoms with Gasteiger partial charge in [0.25, 0.3) is 0 Å². The molecule has 1 aromatic heterocycles. The van der Waals surface area contributed by atoms with Gasteiger partial charge in [0.05, 0.1) is 12.8 Å². The molecule has 126 valence electrons. The lowest BCUT2D eigenvalue weighted by Crippen LogP contribution is -1.97. The van der Waals surface area contributed by atoms with Gasteiger partial charge in [-0.15, -0.1) is 11.3 Å². The monoisotopic (exact) mass is 357 g/mol. The first-order chi connectivity index (χ1) is 12.1. The van der Waals surface area contributed by atoms with Gasteiger partial charge in [-0.1, -0.05) is 0 Å². The van der Waals surface area contributed by atoms with Crippen molar-refractivity contribution in [3.8, 4) is 16.3 Å². The van der Waals surface area contributed by atoms with E-state index in [4.69, 9.17) is 4.74 Å². The van der Waals surface area contributed by atoms with Crippen LogP contribution in [-0.4, -0.2) is 17.9 Å². The smallest absolute Gasteiger partial charge is 0.186 e. The highest BCUT2D eigenvalue weighted by atomic mass is 32.1. The van der Waals surface area contributed by atoms with Crippen LogP contribution in [0.3, 0.4) is 0 Å². The minimum Gasteiger partial charge on any atom is -0.494 e. The van der Waals surface area contributed by atoms with Gasteiger partial charge >= 0.3 is 0 Å². The molecule has 1 heterocycles. The van der Waals surface area contributed by atoms with E-state index in [1.807, 2.05) is 0 Å². The van der Waals surface area contributed by atoms with Crippen LogP contribution in [-0.2, 0) is 0 Å². The van der Waals surface area contributed by atoms with Gasteiger partial charge in [-0.2, -0.15) is 0 Å². The molecule has 3 nitrogen and oxygen atoms in total. The Morgan fingerprint density at radius 1 is 1.16 bits per heavy atom. The van der Waals surface area contributed by atoms with Crippen LogP contribution in [0.2, 0.25) is 0 Å². The summed E-state index contributed by atoms with van der Waals surface area (Å²) >= 11 is 1.39. The summed E-state index contributed by atoms with van der Waals surface area (Å²) in [5, 5.41) is 2.51. The third-order valence-corrected chi connectivity index (χ3v) is 4.36. The number of nitrogens with zero attached hydrogens (tertiary/aromatic N) is 1. The molecule has 6 heteroatoms. The summed E-state index contributed by atoms with van der Waals surface area (Å²) in [4.78, 5) is 16.5. The Balaban J connectivity index is 1.75. The maximum Gasteiger partial charge on any atom is 0.186 e. The van der Waals surface area contributed by atoms with Crippen molar-refractivity contribution < 1.29 is 18.3 Å². The lowest BCUT2D eigenvalue weighted by molar-refractivity contribution is 0.104. The van der Waals surface area contributed by atoms with Crippen molar-refractivity contribution in [2.45, 2.75) is 0 Å². The van der Waals surface area contributed by atoms with E-state index in [0.29, 0.717) is 5.69 Å². The number of carbonyl (C=O) groups is 1. The molecule has 0 saturated carbocycles. The minimum absolute atomic E-state index is 0.0870. The molecule has 0 bridgehead atoms. The number of carbonyl (C=O) groups excluding carboxylic acids is 1. The summed E-state index contributed by atoms with van der Waals surface area (Å²) in [7, 11) is 1.36. The lowest BCUT2D eigenvalue weighted by atomic mass is 10.1. The zero-order valence-corrected chi connectivity index (χ0v) is 14.0. The molecule has 0 saturated heterocycles. The first-order valence-electron chi connectivity index (χ1n) is 7.34. The molecule has 0 aliphatic carbocycles. The summed E-state index contributed by atoms with van der Waals surface area (Å²) in [6.45, 7) is 0. The van der Waals surface area contributed by atoms with E-state index >= 15 is 0 Å². The molecular weight excluding hydrogens is 344 g/mol. The van der Waals surface area contributed by atoms with Crippen LogP contribution in [0, 0.1) is 11.6 Å². The normalized spacial score (nSPS) is 11.0. The maximum atomic E-state index is 13.7. The summed E-state index contributed by atoms with van der Waals surface area (Å²) < 4.78 is 31.4. The van der Waals surface area contributed by atoms with Crippen LogP contribution < -0.4 is 4.74 Å². The Morgan fingerprint density at radius 3 is 2.60 bits per heavy atom. The number of benzene rings is 2. The quantitative estimate of drug-likeness (QED) is 0.477. The Labute approximate surface area is 147 Å². The number of thiazole rings is 1. The van der Waals surface area contributed by atoms with Gasteiger partial charge in [-0.25, -0.2) is 13.8 Å². The number of ether oxygens (including phenoxy) is 1. The fraction of sp³-hybridized carbons (Fsp3) is 0.0526. The fourth-order valence-corrected chi connectivity index (χ4v) is 2.96. The third kappa shape index (κ3) is 3.97. The summed E-state index contributed by atoms with van der Waals surface area (Å²) in [5.74, 6) is -1.14. The average molecular weight is 357 g/mol. The van der Waals surface area contributed by atoms with Gasteiger partial charge in [-0.3, -0.25) is 4.79 Å². The van der Waals surface area contributed by atoms with Crippen molar-refractivity contribution in [1.29, 1.82) is 0 Å².